The molecular formula is C40H64N6O7. The van der Waals surface area contributed by atoms with Crippen LogP contribution in [-0.4, -0.2) is 90.9 Å². The van der Waals surface area contributed by atoms with E-state index in [0.717, 1.165) is 64.2 Å². The summed E-state index contributed by atoms with van der Waals surface area (Å²) in [5, 5.41) is 14.3. The Morgan fingerprint density at radius 1 is 0.906 bits per heavy atom. The van der Waals surface area contributed by atoms with Crippen LogP contribution < -0.4 is 26.6 Å². The highest BCUT2D eigenvalue weighted by Crippen LogP contribution is 2.65. The number of rotatable bonds is 17. The summed E-state index contributed by atoms with van der Waals surface area (Å²) in [4.78, 5) is 83.1. The number of ketones is 1. The lowest BCUT2D eigenvalue weighted by molar-refractivity contribution is -0.146. The quantitative estimate of drug-likeness (QED) is 0.110. The number of piperidine rings is 1. The lowest BCUT2D eigenvalue weighted by Gasteiger charge is -2.43. The van der Waals surface area contributed by atoms with Crippen molar-refractivity contribution in [2.45, 2.75) is 136 Å². The predicted molar refractivity (Wildman–Crippen MR) is 200 cm³/mol. The fraction of sp³-hybridized carbons (Fsp3) is 0.800. The molecule has 4 aliphatic carbocycles. The van der Waals surface area contributed by atoms with Gasteiger partial charge in [0.2, 0.25) is 17.6 Å². The number of carbonyl (C=O) groups excluding carboxylic acids is 6. The molecule has 0 aromatic rings. The molecule has 6 amide bonds. The van der Waals surface area contributed by atoms with Gasteiger partial charge in [0.1, 0.15) is 18.7 Å². The number of likely N-dealkylation sites (tertiary alicyclic amines) is 1. The average Bonchev–Trinajstić information content (AvgIpc) is 4.06. The highest BCUT2D eigenvalue weighted by Gasteiger charge is 2.70. The Kier molecular flexibility index (Phi) is 12.5. The third kappa shape index (κ3) is 10.1. The van der Waals surface area contributed by atoms with Crippen LogP contribution in [-0.2, 0) is 23.9 Å². The van der Waals surface area contributed by atoms with Crippen LogP contribution in [0, 0.1) is 39.9 Å². The highest BCUT2D eigenvalue weighted by molar-refractivity contribution is 6.38. The molecule has 13 nitrogen and oxygen atoms in total. The van der Waals surface area contributed by atoms with E-state index < -0.39 is 64.7 Å². The van der Waals surface area contributed by atoms with Crippen molar-refractivity contribution in [3.8, 4) is 0 Å². The number of hydrogen-bond donors (Lipinski definition) is 5. The van der Waals surface area contributed by atoms with Gasteiger partial charge in [0.05, 0.1) is 12.1 Å². The van der Waals surface area contributed by atoms with E-state index in [1.807, 2.05) is 27.7 Å². The number of urea groups is 1. The number of ether oxygens (including phenoxy) is 1. The molecule has 4 saturated carbocycles. The molecule has 1 saturated heterocycles. The molecule has 5 N–H and O–H groups in total. The monoisotopic (exact) mass is 740 g/mol. The van der Waals surface area contributed by atoms with E-state index in [1.54, 1.807) is 4.90 Å². The Hall–Kier alpha value is -3.64. The summed E-state index contributed by atoms with van der Waals surface area (Å²) in [5.41, 5.74) is -1.21. The SMILES string of the molecule is C=CCNC(=O)C(=O)C(CCC1CC1)NC(=O)[C@@H]1[C@@H]2[C@H](CN1C(=O)[C@@H](NC(=O)N[C@H](COC(=O)NCC1CC1)C(C)(C)C)C1(C)CCCCC1)C2(C)C. The molecule has 53 heavy (non-hydrogen) atoms. The molecule has 1 heterocycles. The maximum absolute atomic E-state index is 14.9. The Bertz CT molecular complexity index is 1410. The Morgan fingerprint density at radius 3 is 2.17 bits per heavy atom. The zero-order valence-corrected chi connectivity index (χ0v) is 32.8. The predicted octanol–water partition coefficient (Wildman–Crippen LogP) is 4.20. The van der Waals surface area contributed by atoms with Crippen molar-refractivity contribution in [3.63, 3.8) is 0 Å². The molecule has 5 aliphatic rings. The van der Waals surface area contributed by atoms with E-state index in [9.17, 15) is 28.8 Å². The van der Waals surface area contributed by atoms with E-state index >= 15 is 0 Å². The summed E-state index contributed by atoms with van der Waals surface area (Å²) in [6.45, 7) is 16.7. The standard InChI is InChI=1S/C40H64N6O7/c1-8-20-41-34(49)31(47)27(17-16-24-12-13-24)43-33(48)30-29-26(39(29,5)6)22-46(30)35(50)32(40(7)18-10-9-11-19-40)45-36(51)44-28(38(2,3)4)23-53-37(52)42-21-25-14-15-25/h8,24-30,32H,1,9-23H2,2-7H3,(H,41,49)(H,42,52)(H,43,48)(H2,44,45,51)/t26-,27?,28+,29-,30-,32+/m0/s1. The van der Waals surface area contributed by atoms with E-state index in [2.05, 4.69) is 47.0 Å². The molecule has 296 valence electrons. The largest absolute Gasteiger partial charge is 0.447 e. The van der Waals surface area contributed by atoms with Gasteiger partial charge < -0.3 is 36.2 Å². The van der Waals surface area contributed by atoms with Gasteiger partial charge in [-0.2, -0.15) is 0 Å². The van der Waals surface area contributed by atoms with Crippen molar-refractivity contribution < 1.29 is 33.5 Å². The van der Waals surface area contributed by atoms with Gasteiger partial charge >= 0.3 is 12.1 Å². The fourth-order valence-electron chi connectivity index (χ4n) is 8.51. The first-order valence-electron chi connectivity index (χ1n) is 20.0. The molecule has 13 heteroatoms. The first-order valence-corrected chi connectivity index (χ1v) is 20.0. The number of Topliss-reactive ketones (excluding diaryl/α,β-unsaturated/α-hetero) is 1. The van der Waals surface area contributed by atoms with Gasteiger partial charge in [-0.25, -0.2) is 9.59 Å². The molecule has 0 bridgehead atoms. The van der Waals surface area contributed by atoms with Crippen molar-refractivity contribution in [1.29, 1.82) is 0 Å². The third-order valence-corrected chi connectivity index (χ3v) is 12.8. The van der Waals surface area contributed by atoms with Gasteiger partial charge in [-0.05, 0) is 78.4 Å². The van der Waals surface area contributed by atoms with Gasteiger partial charge in [-0.15, -0.1) is 6.58 Å². The van der Waals surface area contributed by atoms with Crippen molar-refractivity contribution >= 4 is 35.6 Å². The molecule has 5 fully saturated rings. The number of carbonyl (C=O) groups is 6. The summed E-state index contributed by atoms with van der Waals surface area (Å²) in [6.07, 6.45) is 10.7. The zero-order valence-electron chi connectivity index (χ0n) is 32.8. The number of hydrogen-bond acceptors (Lipinski definition) is 7. The molecule has 0 aromatic carbocycles. The normalized spacial score (nSPS) is 25.8. The minimum absolute atomic E-state index is 0.0393. The van der Waals surface area contributed by atoms with E-state index in [0.29, 0.717) is 31.3 Å². The first kappa shape index (κ1) is 40.5. The summed E-state index contributed by atoms with van der Waals surface area (Å²) < 4.78 is 5.51. The highest BCUT2D eigenvalue weighted by atomic mass is 16.5. The van der Waals surface area contributed by atoms with Gasteiger partial charge in [-0.3, -0.25) is 19.2 Å². The van der Waals surface area contributed by atoms with Crippen molar-refractivity contribution in [2.75, 3.05) is 26.2 Å². The third-order valence-electron chi connectivity index (χ3n) is 12.8. The Balaban J connectivity index is 1.33. The smallest absolute Gasteiger partial charge is 0.407 e. The van der Waals surface area contributed by atoms with E-state index in [4.69, 9.17) is 4.74 Å². The second-order valence-corrected chi connectivity index (χ2v) is 18.4. The van der Waals surface area contributed by atoms with Crippen molar-refractivity contribution in [2.24, 2.45) is 39.9 Å². The molecule has 0 spiro atoms. The van der Waals surface area contributed by atoms with Gasteiger partial charge in [0.25, 0.3) is 5.91 Å². The van der Waals surface area contributed by atoms with E-state index in [1.165, 1.54) is 6.08 Å². The maximum Gasteiger partial charge on any atom is 0.407 e. The molecule has 1 unspecified atom stereocenters. The second-order valence-electron chi connectivity index (χ2n) is 18.4. The summed E-state index contributed by atoms with van der Waals surface area (Å²) >= 11 is 0. The molecule has 6 atom stereocenters. The van der Waals surface area contributed by atoms with Gasteiger partial charge in [0, 0.05) is 19.6 Å². The van der Waals surface area contributed by atoms with Crippen LogP contribution in [0.25, 0.3) is 0 Å². The van der Waals surface area contributed by atoms with E-state index in [-0.39, 0.29) is 36.3 Å². The molecular weight excluding hydrogens is 676 g/mol. The van der Waals surface area contributed by atoms with Crippen LogP contribution in [0.4, 0.5) is 9.59 Å². The maximum atomic E-state index is 14.9. The van der Waals surface area contributed by atoms with Crippen LogP contribution in [0.3, 0.4) is 0 Å². The lowest BCUT2D eigenvalue weighted by Crippen LogP contribution is -2.63. The lowest BCUT2D eigenvalue weighted by atomic mass is 9.70. The second kappa shape index (κ2) is 16.4. The fourth-order valence-corrected chi connectivity index (χ4v) is 8.51. The molecule has 0 radical (unpaired) electrons. The summed E-state index contributed by atoms with van der Waals surface area (Å²) in [5.74, 6) is -1.28. The van der Waals surface area contributed by atoms with Crippen LogP contribution in [0.1, 0.15) is 112 Å². The van der Waals surface area contributed by atoms with Crippen LogP contribution in [0.5, 0.6) is 0 Å². The number of nitrogens with one attached hydrogen (secondary N) is 5. The molecule has 0 aromatic heterocycles. The minimum Gasteiger partial charge on any atom is -0.447 e. The Labute approximate surface area is 315 Å². The van der Waals surface area contributed by atoms with Crippen LogP contribution >= 0.6 is 0 Å². The van der Waals surface area contributed by atoms with Gasteiger partial charge in [-0.1, -0.05) is 79.7 Å². The summed E-state index contributed by atoms with van der Waals surface area (Å²) in [7, 11) is 0. The van der Waals surface area contributed by atoms with Crippen molar-refractivity contribution in [1.82, 2.24) is 31.5 Å². The number of fused-ring (bicyclic) bond motifs is 1. The average molecular weight is 741 g/mol. The Morgan fingerprint density at radius 2 is 1.57 bits per heavy atom. The van der Waals surface area contributed by atoms with Crippen LogP contribution in [0.2, 0.25) is 0 Å². The molecule has 1 aliphatic heterocycles. The number of nitrogens with zero attached hydrogens (tertiary/aromatic N) is 1. The molecule has 5 rings (SSSR count). The number of alkyl carbamates (subject to hydrolysis) is 1. The zero-order chi connectivity index (χ0) is 38.7. The first-order chi connectivity index (χ1) is 25.0. The topological polar surface area (TPSA) is 175 Å². The summed E-state index contributed by atoms with van der Waals surface area (Å²) in [6, 6.07) is -3.86. The van der Waals surface area contributed by atoms with Gasteiger partial charge in [0.15, 0.2) is 0 Å². The van der Waals surface area contributed by atoms with Crippen LogP contribution in [0.15, 0.2) is 12.7 Å². The van der Waals surface area contributed by atoms with Crippen molar-refractivity contribution in [3.05, 3.63) is 12.7 Å². The number of amides is 6. The minimum atomic E-state index is -1.01.